The smallest absolute Gasteiger partial charge is 0.192 e. The van der Waals surface area contributed by atoms with Crippen LogP contribution in [-0.4, -0.2) is 33.6 Å². The molecule has 0 bridgehead atoms. The molecule has 0 spiro atoms. The van der Waals surface area contributed by atoms with Gasteiger partial charge < -0.3 is 15.5 Å². The van der Waals surface area contributed by atoms with Gasteiger partial charge in [0.2, 0.25) is 0 Å². The zero-order valence-electron chi connectivity index (χ0n) is 11.1. The highest BCUT2D eigenvalue weighted by Crippen LogP contribution is 2.32. The van der Waals surface area contributed by atoms with Crippen molar-refractivity contribution in [3.05, 3.63) is 0 Å². The first-order valence-electron chi connectivity index (χ1n) is 6.77. The third kappa shape index (κ3) is 3.06. The van der Waals surface area contributed by atoms with Gasteiger partial charge in [-0.2, -0.15) is 0 Å². The van der Waals surface area contributed by atoms with Gasteiger partial charge in [0.15, 0.2) is 8.32 Å². The van der Waals surface area contributed by atoms with Crippen molar-refractivity contribution in [2.24, 2.45) is 5.73 Å². The average molecular weight is 244 g/mol. The van der Waals surface area contributed by atoms with Gasteiger partial charge in [0.1, 0.15) is 0 Å². The quantitative estimate of drug-likeness (QED) is 0.703. The lowest BCUT2D eigenvalue weighted by atomic mass is 9.93. The fourth-order valence-electron chi connectivity index (χ4n) is 2.66. The maximum atomic E-state index is 6.64. The second-order valence-electron chi connectivity index (χ2n) is 4.98. The molecule has 1 rings (SSSR count). The van der Waals surface area contributed by atoms with E-state index in [1.54, 1.807) is 0 Å². The number of rotatable bonds is 6. The Morgan fingerprint density at radius 2 is 1.62 bits per heavy atom. The average Bonchev–Trinajstić information content (AvgIpc) is 2.37. The van der Waals surface area contributed by atoms with E-state index in [2.05, 4.69) is 26.1 Å². The summed E-state index contributed by atoms with van der Waals surface area (Å²) in [4.78, 5) is 0. The molecule has 0 aromatic rings. The van der Waals surface area contributed by atoms with Crippen LogP contribution in [0.1, 0.15) is 33.6 Å². The zero-order valence-corrected chi connectivity index (χ0v) is 12.1. The molecule has 3 N–H and O–H groups in total. The number of nitrogens with two attached hydrogens (primary N) is 1. The summed E-state index contributed by atoms with van der Waals surface area (Å²) < 4.78 is 6.64. The molecule has 0 saturated carbocycles. The first-order valence-corrected chi connectivity index (χ1v) is 9.30. The van der Waals surface area contributed by atoms with Crippen LogP contribution in [0.3, 0.4) is 0 Å². The molecule has 0 atom stereocenters. The summed E-state index contributed by atoms with van der Waals surface area (Å²) in [7, 11) is -1.51. The van der Waals surface area contributed by atoms with Crippen LogP contribution in [0.4, 0.5) is 0 Å². The first kappa shape index (κ1) is 14.2. The van der Waals surface area contributed by atoms with Crippen LogP contribution in [0.15, 0.2) is 0 Å². The summed E-state index contributed by atoms with van der Waals surface area (Å²) in [5.41, 5.74) is 5.96. The van der Waals surface area contributed by atoms with E-state index < -0.39 is 8.32 Å². The third-order valence-electron chi connectivity index (χ3n) is 4.25. The maximum Gasteiger partial charge on any atom is 0.192 e. The summed E-state index contributed by atoms with van der Waals surface area (Å²) in [5, 5.41) is 3.39. The summed E-state index contributed by atoms with van der Waals surface area (Å²) in [5.74, 6) is 0. The lowest BCUT2D eigenvalue weighted by molar-refractivity contribution is 0.0337. The maximum absolute atomic E-state index is 6.64. The molecule has 0 aromatic heterocycles. The largest absolute Gasteiger partial charge is 0.410 e. The molecule has 1 saturated heterocycles. The van der Waals surface area contributed by atoms with Gasteiger partial charge in [-0.15, -0.1) is 0 Å². The molecule has 0 amide bonds. The van der Waals surface area contributed by atoms with Crippen LogP contribution < -0.4 is 11.1 Å². The van der Waals surface area contributed by atoms with E-state index >= 15 is 0 Å². The predicted octanol–water partition coefficient (Wildman–Crippen LogP) is 2.09. The van der Waals surface area contributed by atoms with Gasteiger partial charge in [-0.3, -0.25) is 0 Å². The van der Waals surface area contributed by atoms with Crippen molar-refractivity contribution in [1.82, 2.24) is 5.32 Å². The van der Waals surface area contributed by atoms with Crippen molar-refractivity contribution in [3.63, 3.8) is 0 Å². The molecule has 3 nitrogen and oxygen atoms in total. The van der Waals surface area contributed by atoms with Gasteiger partial charge in [0.05, 0.1) is 5.60 Å². The van der Waals surface area contributed by atoms with Crippen LogP contribution in [0, 0.1) is 0 Å². The van der Waals surface area contributed by atoms with Gasteiger partial charge in [-0.1, -0.05) is 20.8 Å². The molecule has 1 aliphatic heterocycles. The minimum Gasteiger partial charge on any atom is -0.410 e. The van der Waals surface area contributed by atoms with E-state index in [0.717, 1.165) is 25.9 Å². The van der Waals surface area contributed by atoms with Crippen molar-refractivity contribution in [3.8, 4) is 0 Å². The monoisotopic (exact) mass is 244 g/mol. The summed E-state index contributed by atoms with van der Waals surface area (Å²) in [6.45, 7) is 9.64. The van der Waals surface area contributed by atoms with Gasteiger partial charge in [0, 0.05) is 6.54 Å². The molecule has 4 heteroatoms. The minimum absolute atomic E-state index is 0.0144. The Kier molecular flexibility index (Phi) is 5.44. The highest BCUT2D eigenvalue weighted by atomic mass is 28.4. The highest BCUT2D eigenvalue weighted by molar-refractivity contribution is 6.73. The molecule has 1 heterocycles. The van der Waals surface area contributed by atoms with Gasteiger partial charge in [-0.25, -0.2) is 0 Å². The Hall–Kier alpha value is 0.0969. The van der Waals surface area contributed by atoms with Crippen molar-refractivity contribution in [2.45, 2.75) is 57.3 Å². The summed E-state index contributed by atoms with van der Waals surface area (Å²) in [6.07, 6.45) is 2.16. The molecular formula is C12H28N2OSi. The lowest BCUT2D eigenvalue weighted by Gasteiger charge is -2.44. The number of hydrogen-bond acceptors (Lipinski definition) is 3. The number of piperidine rings is 1. The van der Waals surface area contributed by atoms with E-state index in [1.807, 2.05) is 0 Å². The fraction of sp³-hybridized carbons (Fsp3) is 1.00. The highest BCUT2D eigenvalue weighted by Gasteiger charge is 2.40. The fourth-order valence-corrected chi connectivity index (χ4v) is 5.80. The van der Waals surface area contributed by atoms with E-state index in [4.69, 9.17) is 10.2 Å². The number of hydrogen-bond donors (Lipinski definition) is 2. The molecule has 0 radical (unpaired) electrons. The van der Waals surface area contributed by atoms with E-state index in [0.29, 0.717) is 6.54 Å². The van der Waals surface area contributed by atoms with Crippen molar-refractivity contribution >= 4 is 8.32 Å². The Balaban J connectivity index is 2.72. The Morgan fingerprint density at radius 1 is 1.12 bits per heavy atom. The lowest BCUT2D eigenvalue weighted by Crippen LogP contribution is -2.55. The molecule has 0 aromatic carbocycles. The first-order chi connectivity index (χ1) is 7.66. The van der Waals surface area contributed by atoms with E-state index in [-0.39, 0.29) is 5.60 Å². The molecule has 1 fully saturated rings. The van der Waals surface area contributed by atoms with Crippen LogP contribution in [0.25, 0.3) is 0 Å². The Labute approximate surface area is 101 Å². The van der Waals surface area contributed by atoms with Crippen LogP contribution in [0.2, 0.25) is 18.1 Å². The van der Waals surface area contributed by atoms with Gasteiger partial charge >= 0.3 is 0 Å². The van der Waals surface area contributed by atoms with Crippen LogP contribution >= 0.6 is 0 Å². The molecule has 1 aliphatic rings. The SMILES string of the molecule is CC[Si](CC)(CC)OC1(CN)CCNCC1. The topological polar surface area (TPSA) is 47.3 Å². The Bertz CT molecular complexity index is 193. The molecular weight excluding hydrogens is 216 g/mol. The second-order valence-corrected chi connectivity index (χ2v) is 9.67. The van der Waals surface area contributed by atoms with Crippen molar-refractivity contribution < 1.29 is 4.43 Å². The van der Waals surface area contributed by atoms with Crippen molar-refractivity contribution in [1.29, 1.82) is 0 Å². The van der Waals surface area contributed by atoms with Crippen LogP contribution in [0.5, 0.6) is 0 Å². The van der Waals surface area contributed by atoms with Crippen molar-refractivity contribution in [2.75, 3.05) is 19.6 Å². The molecule has 0 aliphatic carbocycles. The van der Waals surface area contributed by atoms with Crippen LogP contribution in [-0.2, 0) is 4.43 Å². The second kappa shape index (κ2) is 6.14. The molecule has 0 unspecified atom stereocenters. The summed E-state index contributed by atoms with van der Waals surface area (Å²) >= 11 is 0. The summed E-state index contributed by atoms with van der Waals surface area (Å²) in [6, 6.07) is 3.65. The molecule has 16 heavy (non-hydrogen) atoms. The van der Waals surface area contributed by atoms with E-state index in [9.17, 15) is 0 Å². The standard InChI is InChI=1S/C12H28N2OSi/c1-4-16(5-2,6-3)15-12(11-13)7-9-14-10-8-12/h14H,4-11,13H2,1-3H3. The zero-order chi connectivity index (χ0) is 12.1. The van der Waals surface area contributed by atoms with Gasteiger partial charge in [-0.05, 0) is 44.1 Å². The third-order valence-corrected chi connectivity index (χ3v) is 8.98. The predicted molar refractivity (Wildman–Crippen MR) is 72.2 cm³/mol. The Morgan fingerprint density at radius 3 is 2.00 bits per heavy atom. The normalized spacial score (nSPS) is 21.0. The molecule has 96 valence electrons. The minimum atomic E-state index is -1.51. The van der Waals surface area contributed by atoms with Gasteiger partial charge in [0.25, 0.3) is 0 Å². The van der Waals surface area contributed by atoms with E-state index in [1.165, 1.54) is 18.1 Å². The number of nitrogens with one attached hydrogen (secondary N) is 1.